The van der Waals surface area contributed by atoms with E-state index in [-0.39, 0.29) is 16.5 Å². The number of hydrogen-bond donors (Lipinski definition) is 1. The Bertz CT molecular complexity index is 399. The van der Waals surface area contributed by atoms with Crippen LogP contribution in [0, 0.1) is 5.82 Å². The predicted octanol–water partition coefficient (Wildman–Crippen LogP) is 4.01. The van der Waals surface area contributed by atoms with Crippen LogP contribution in [0.5, 0.6) is 0 Å². The third kappa shape index (κ3) is 4.83. The van der Waals surface area contributed by atoms with E-state index in [0.717, 1.165) is 25.7 Å². The largest absolute Gasteiger partial charge is 0.352 e. The highest BCUT2D eigenvalue weighted by molar-refractivity contribution is 6.34. The topological polar surface area (TPSA) is 29.1 Å². The van der Waals surface area contributed by atoms with E-state index in [1.165, 1.54) is 18.2 Å². The number of halogens is 3. The third-order valence-electron chi connectivity index (χ3n) is 2.54. The van der Waals surface area contributed by atoms with E-state index in [2.05, 4.69) is 5.32 Å². The zero-order chi connectivity index (χ0) is 13.4. The van der Waals surface area contributed by atoms with Gasteiger partial charge in [-0.05, 0) is 25.0 Å². The van der Waals surface area contributed by atoms with Crippen molar-refractivity contribution in [2.45, 2.75) is 25.7 Å². The number of carbonyl (C=O) groups is 1. The molecular weight excluding hydrogens is 276 g/mol. The molecule has 100 valence electrons. The fourth-order valence-corrected chi connectivity index (χ4v) is 1.95. The SMILES string of the molecule is O=C(NCCCCCCCl)c1cccc(F)c1Cl. The highest BCUT2D eigenvalue weighted by Gasteiger charge is 2.12. The molecule has 5 heteroatoms. The monoisotopic (exact) mass is 291 g/mol. The molecule has 1 aromatic rings. The summed E-state index contributed by atoms with van der Waals surface area (Å²) in [5.41, 5.74) is 0.178. The van der Waals surface area contributed by atoms with Gasteiger partial charge in [-0.25, -0.2) is 4.39 Å². The number of nitrogens with one attached hydrogen (secondary N) is 1. The second kappa shape index (κ2) is 8.33. The van der Waals surface area contributed by atoms with Crippen molar-refractivity contribution >= 4 is 29.1 Å². The molecule has 0 saturated carbocycles. The Morgan fingerprint density at radius 1 is 1.22 bits per heavy atom. The van der Waals surface area contributed by atoms with Gasteiger partial charge in [0.1, 0.15) is 5.82 Å². The molecule has 1 amide bonds. The minimum absolute atomic E-state index is 0.128. The van der Waals surface area contributed by atoms with Gasteiger partial charge in [0.2, 0.25) is 0 Å². The van der Waals surface area contributed by atoms with Gasteiger partial charge in [-0.1, -0.05) is 30.5 Å². The second-order valence-electron chi connectivity index (χ2n) is 3.96. The fourth-order valence-electron chi connectivity index (χ4n) is 1.55. The van der Waals surface area contributed by atoms with Gasteiger partial charge in [-0.3, -0.25) is 4.79 Å². The average Bonchev–Trinajstić information content (AvgIpc) is 2.36. The molecule has 0 atom stereocenters. The Morgan fingerprint density at radius 3 is 2.67 bits per heavy atom. The van der Waals surface area contributed by atoms with E-state index >= 15 is 0 Å². The van der Waals surface area contributed by atoms with Gasteiger partial charge in [0.15, 0.2) is 0 Å². The standard InChI is InChI=1S/C13H16Cl2FNO/c14-8-3-1-2-4-9-17-13(18)10-6-5-7-11(16)12(10)15/h5-7H,1-4,8-9H2,(H,17,18). The number of unbranched alkanes of at least 4 members (excludes halogenated alkanes) is 3. The Hall–Kier alpha value is -0.800. The lowest BCUT2D eigenvalue weighted by atomic mass is 10.2. The van der Waals surface area contributed by atoms with E-state index in [0.29, 0.717) is 12.4 Å². The zero-order valence-electron chi connectivity index (χ0n) is 10.0. The van der Waals surface area contributed by atoms with Gasteiger partial charge in [-0.2, -0.15) is 0 Å². The molecule has 0 aliphatic rings. The van der Waals surface area contributed by atoms with Gasteiger partial charge in [0.05, 0.1) is 10.6 Å². The number of alkyl halides is 1. The van der Waals surface area contributed by atoms with Crippen LogP contribution in [-0.2, 0) is 0 Å². The van der Waals surface area contributed by atoms with Crippen molar-refractivity contribution in [3.8, 4) is 0 Å². The Kier molecular flexibility index (Phi) is 7.06. The lowest BCUT2D eigenvalue weighted by molar-refractivity contribution is 0.0952. The molecular formula is C13H16Cl2FNO. The molecule has 2 nitrogen and oxygen atoms in total. The van der Waals surface area contributed by atoms with Crippen LogP contribution in [0.25, 0.3) is 0 Å². The Morgan fingerprint density at radius 2 is 1.94 bits per heavy atom. The van der Waals surface area contributed by atoms with Gasteiger partial charge >= 0.3 is 0 Å². The maximum atomic E-state index is 13.1. The molecule has 0 radical (unpaired) electrons. The van der Waals surface area contributed by atoms with Gasteiger partial charge in [-0.15, -0.1) is 11.6 Å². The maximum absolute atomic E-state index is 13.1. The Balaban J connectivity index is 2.35. The van der Waals surface area contributed by atoms with Crippen molar-refractivity contribution in [3.63, 3.8) is 0 Å². The highest BCUT2D eigenvalue weighted by Crippen LogP contribution is 2.19. The van der Waals surface area contributed by atoms with Crippen LogP contribution < -0.4 is 5.32 Å². The number of amides is 1. The van der Waals surface area contributed by atoms with Crippen molar-refractivity contribution in [2.24, 2.45) is 0 Å². The number of carbonyl (C=O) groups excluding carboxylic acids is 1. The molecule has 1 N–H and O–H groups in total. The molecule has 0 aliphatic carbocycles. The van der Waals surface area contributed by atoms with Crippen LogP contribution >= 0.6 is 23.2 Å². The molecule has 0 aromatic heterocycles. The van der Waals surface area contributed by atoms with E-state index in [1.54, 1.807) is 0 Å². The van der Waals surface area contributed by atoms with E-state index in [9.17, 15) is 9.18 Å². The summed E-state index contributed by atoms with van der Waals surface area (Å²) in [6.07, 6.45) is 3.95. The normalized spacial score (nSPS) is 10.4. The molecule has 1 aromatic carbocycles. The van der Waals surface area contributed by atoms with Gasteiger partial charge in [0.25, 0.3) is 5.91 Å². The number of benzene rings is 1. The summed E-state index contributed by atoms with van der Waals surface area (Å²) in [5, 5.41) is 2.59. The first-order valence-electron chi connectivity index (χ1n) is 5.95. The van der Waals surface area contributed by atoms with Crippen LogP contribution in [0.1, 0.15) is 36.0 Å². The molecule has 1 rings (SSSR count). The predicted molar refractivity (Wildman–Crippen MR) is 72.9 cm³/mol. The van der Waals surface area contributed by atoms with Crippen LogP contribution in [0.15, 0.2) is 18.2 Å². The molecule has 0 bridgehead atoms. The highest BCUT2D eigenvalue weighted by atomic mass is 35.5. The minimum atomic E-state index is -0.577. The summed E-state index contributed by atoms with van der Waals surface area (Å²) in [7, 11) is 0. The van der Waals surface area contributed by atoms with Crippen LogP contribution in [0.3, 0.4) is 0 Å². The van der Waals surface area contributed by atoms with Crippen molar-refractivity contribution in [1.29, 1.82) is 0 Å². The quantitative estimate of drug-likeness (QED) is 0.597. The first-order chi connectivity index (χ1) is 8.66. The summed E-state index contributed by atoms with van der Waals surface area (Å²) in [4.78, 5) is 11.7. The summed E-state index contributed by atoms with van der Waals surface area (Å²) in [6.45, 7) is 0.563. The molecule has 0 heterocycles. The lowest BCUT2D eigenvalue weighted by Crippen LogP contribution is -2.24. The summed E-state index contributed by atoms with van der Waals surface area (Å²) in [6, 6.07) is 4.20. The first-order valence-corrected chi connectivity index (χ1v) is 6.86. The molecule has 0 fully saturated rings. The summed E-state index contributed by atoms with van der Waals surface area (Å²) < 4.78 is 13.1. The van der Waals surface area contributed by atoms with Gasteiger partial charge in [0, 0.05) is 12.4 Å². The molecule has 0 unspecified atom stereocenters. The van der Waals surface area contributed by atoms with Crippen molar-refractivity contribution < 1.29 is 9.18 Å². The molecule has 0 saturated heterocycles. The number of rotatable bonds is 7. The maximum Gasteiger partial charge on any atom is 0.252 e. The third-order valence-corrected chi connectivity index (χ3v) is 3.19. The second-order valence-corrected chi connectivity index (χ2v) is 4.72. The Labute approximate surface area is 116 Å². The van der Waals surface area contributed by atoms with Crippen LogP contribution in [0.4, 0.5) is 4.39 Å². The fraction of sp³-hybridized carbons (Fsp3) is 0.462. The average molecular weight is 292 g/mol. The summed E-state index contributed by atoms with van der Waals surface area (Å²) >= 11 is 11.3. The van der Waals surface area contributed by atoms with Gasteiger partial charge < -0.3 is 5.32 Å². The van der Waals surface area contributed by atoms with Crippen LogP contribution in [0.2, 0.25) is 5.02 Å². The summed E-state index contributed by atoms with van der Waals surface area (Å²) in [5.74, 6) is -0.242. The molecule has 0 spiro atoms. The van der Waals surface area contributed by atoms with Crippen molar-refractivity contribution in [1.82, 2.24) is 5.32 Å². The first kappa shape index (κ1) is 15.3. The van der Waals surface area contributed by atoms with E-state index in [4.69, 9.17) is 23.2 Å². The van der Waals surface area contributed by atoms with Crippen LogP contribution in [-0.4, -0.2) is 18.3 Å². The minimum Gasteiger partial charge on any atom is -0.352 e. The number of hydrogen-bond acceptors (Lipinski definition) is 1. The molecule has 18 heavy (non-hydrogen) atoms. The van der Waals surface area contributed by atoms with Crippen molar-refractivity contribution in [2.75, 3.05) is 12.4 Å². The zero-order valence-corrected chi connectivity index (χ0v) is 11.5. The lowest BCUT2D eigenvalue weighted by Gasteiger charge is -2.07. The molecule has 0 aliphatic heterocycles. The van der Waals surface area contributed by atoms with E-state index in [1.807, 2.05) is 0 Å². The van der Waals surface area contributed by atoms with E-state index < -0.39 is 5.82 Å². The smallest absolute Gasteiger partial charge is 0.252 e. The van der Waals surface area contributed by atoms with Crippen molar-refractivity contribution in [3.05, 3.63) is 34.6 Å².